The van der Waals surface area contributed by atoms with Crippen LogP contribution in [0, 0.1) is 0 Å². The fourth-order valence-electron chi connectivity index (χ4n) is 2.67. The summed E-state index contributed by atoms with van der Waals surface area (Å²) in [6.07, 6.45) is 0. The number of carbonyl (C=O) groups is 1. The second kappa shape index (κ2) is 10.0. The molecule has 0 aliphatic heterocycles. The van der Waals surface area contributed by atoms with Gasteiger partial charge in [-0.25, -0.2) is 0 Å². The van der Waals surface area contributed by atoms with Crippen LogP contribution in [-0.4, -0.2) is 11.1 Å². The number of hydrogen-bond acceptors (Lipinski definition) is 3. The maximum absolute atomic E-state index is 12.0. The summed E-state index contributed by atoms with van der Waals surface area (Å²) >= 11 is 3.23. The molecule has 0 aliphatic carbocycles. The molecule has 27 heavy (non-hydrogen) atoms. The SMILES string of the molecule is O=C(CBr)c1ccc(OCc2ccccc2)c(COCc2ccccc2)c1. The Labute approximate surface area is 168 Å². The smallest absolute Gasteiger partial charge is 0.173 e. The molecule has 0 aliphatic rings. The Morgan fingerprint density at radius 2 is 1.41 bits per heavy atom. The van der Waals surface area contributed by atoms with Crippen LogP contribution in [0.5, 0.6) is 5.75 Å². The Kier molecular flexibility index (Phi) is 7.19. The fraction of sp³-hybridized carbons (Fsp3) is 0.174. The van der Waals surface area contributed by atoms with Crippen molar-refractivity contribution in [2.24, 2.45) is 0 Å². The molecule has 0 saturated heterocycles. The monoisotopic (exact) mass is 424 g/mol. The summed E-state index contributed by atoms with van der Waals surface area (Å²) in [7, 11) is 0. The van der Waals surface area contributed by atoms with Crippen molar-refractivity contribution in [3.05, 3.63) is 101 Å². The lowest BCUT2D eigenvalue weighted by atomic mass is 10.1. The van der Waals surface area contributed by atoms with E-state index in [1.807, 2.05) is 72.8 Å². The molecular formula is C23H21BrO3. The molecule has 3 aromatic rings. The van der Waals surface area contributed by atoms with Crippen LogP contribution >= 0.6 is 15.9 Å². The quantitative estimate of drug-likeness (QED) is 0.333. The van der Waals surface area contributed by atoms with E-state index in [1.54, 1.807) is 6.07 Å². The third-order valence-electron chi connectivity index (χ3n) is 4.11. The Bertz CT molecular complexity index is 863. The first kappa shape index (κ1) is 19.3. The minimum Gasteiger partial charge on any atom is -0.489 e. The summed E-state index contributed by atoms with van der Waals surface area (Å²) in [5, 5.41) is 0.293. The molecule has 0 amide bonds. The second-order valence-electron chi connectivity index (χ2n) is 6.13. The van der Waals surface area contributed by atoms with Crippen molar-refractivity contribution in [2.45, 2.75) is 19.8 Å². The Balaban J connectivity index is 1.71. The normalized spacial score (nSPS) is 10.6. The van der Waals surface area contributed by atoms with Crippen LogP contribution < -0.4 is 4.74 Å². The Morgan fingerprint density at radius 3 is 2.04 bits per heavy atom. The van der Waals surface area contributed by atoms with Gasteiger partial charge in [-0.15, -0.1) is 0 Å². The van der Waals surface area contributed by atoms with Gasteiger partial charge in [0.05, 0.1) is 18.5 Å². The van der Waals surface area contributed by atoms with Gasteiger partial charge in [0.1, 0.15) is 12.4 Å². The lowest BCUT2D eigenvalue weighted by Gasteiger charge is -2.13. The van der Waals surface area contributed by atoms with Gasteiger partial charge in [-0.2, -0.15) is 0 Å². The average Bonchev–Trinajstić information content (AvgIpc) is 2.73. The molecule has 0 heterocycles. The molecule has 4 heteroatoms. The Hall–Kier alpha value is -2.43. The summed E-state index contributed by atoms with van der Waals surface area (Å²) in [4.78, 5) is 12.0. The molecule has 0 atom stereocenters. The lowest BCUT2D eigenvalue weighted by Crippen LogP contribution is -2.05. The van der Waals surface area contributed by atoms with Crippen molar-refractivity contribution < 1.29 is 14.3 Å². The van der Waals surface area contributed by atoms with Crippen molar-refractivity contribution in [1.82, 2.24) is 0 Å². The third-order valence-corrected chi connectivity index (χ3v) is 4.62. The molecule has 3 rings (SSSR count). The number of rotatable bonds is 9. The average molecular weight is 425 g/mol. The summed E-state index contributed by atoms with van der Waals surface area (Å²) in [5.74, 6) is 0.770. The third kappa shape index (κ3) is 5.78. The maximum atomic E-state index is 12.0. The van der Waals surface area contributed by atoms with Gasteiger partial charge in [-0.3, -0.25) is 4.79 Å². The number of hydrogen-bond donors (Lipinski definition) is 0. The van der Waals surface area contributed by atoms with Crippen LogP contribution in [0.3, 0.4) is 0 Å². The van der Waals surface area contributed by atoms with Gasteiger partial charge in [0.2, 0.25) is 0 Å². The van der Waals surface area contributed by atoms with Crippen molar-refractivity contribution in [2.75, 3.05) is 5.33 Å². The van der Waals surface area contributed by atoms with Crippen molar-refractivity contribution in [1.29, 1.82) is 0 Å². The number of carbonyl (C=O) groups excluding carboxylic acids is 1. The highest BCUT2D eigenvalue weighted by molar-refractivity contribution is 9.09. The van der Waals surface area contributed by atoms with Crippen LogP contribution in [-0.2, 0) is 24.6 Å². The number of alkyl halides is 1. The van der Waals surface area contributed by atoms with Crippen molar-refractivity contribution in [3.63, 3.8) is 0 Å². The molecule has 0 fully saturated rings. The van der Waals surface area contributed by atoms with Gasteiger partial charge < -0.3 is 9.47 Å². The minimum atomic E-state index is 0.0360. The van der Waals surface area contributed by atoms with E-state index in [1.165, 1.54) is 0 Å². The topological polar surface area (TPSA) is 35.5 Å². The first-order valence-corrected chi connectivity index (χ1v) is 9.89. The minimum absolute atomic E-state index is 0.0360. The van der Waals surface area contributed by atoms with Crippen molar-refractivity contribution >= 4 is 21.7 Å². The number of halogens is 1. The highest BCUT2D eigenvalue weighted by Gasteiger charge is 2.11. The number of ketones is 1. The van der Waals surface area contributed by atoms with Gasteiger partial charge in [0.15, 0.2) is 5.78 Å². The Morgan fingerprint density at radius 1 is 0.778 bits per heavy atom. The number of ether oxygens (including phenoxy) is 2. The van der Waals surface area contributed by atoms with E-state index >= 15 is 0 Å². The first-order valence-electron chi connectivity index (χ1n) is 8.77. The first-order chi connectivity index (χ1) is 13.3. The summed E-state index contributed by atoms with van der Waals surface area (Å²) in [6.45, 7) is 1.36. The molecule has 3 nitrogen and oxygen atoms in total. The summed E-state index contributed by atoms with van der Waals surface area (Å²) < 4.78 is 11.9. The zero-order valence-corrected chi connectivity index (χ0v) is 16.5. The molecule has 0 aromatic heterocycles. The zero-order valence-electron chi connectivity index (χ0n) is 14.9. The van der Waals surface area contributed by atoms with E-state index in [0.717, 1.165) is 22.4 Å². The highest BCUT2D eigenvalue weighted by Crippen LogP contribution is 2.23. The van der Waals surface area contributed by atoms with E-state index in [9.17, 15) is 4.79 Å². The van der Waals surface area contributed by atoms with E-state index in [0.29, 0.717) is 30.7 Å². The predicted molar refractivity (Wildman–Crippen MR) is 110 cm³/mol. The molecule has 3 aromatic carbocycles. The standard InChI is InChI=1S/C23H21BrO3/c24-14-22(25)20-11-12-23(27-16-19-9-5-2-6-10-19)21(13-20)17-26-15-18-7-3-1-4-8-18/h1-13H,14-17H2. The molecule has 0 saturated carbocycles. The van der Waals surface area contributed by atoms with E-state index in [2.05, 4.69) is 15.9 Å². The molecule has 0 unspecified atom stereocenters. The summed E-state index contributed by atoms with van der Waals surface area (Å²) in [5.41, 5.74) is 3.72. The maximum Gasteiger partial charge on any atom is 0.173 e. The molecule has 0 radical (unpaired) electrons. The van der Waals surface area contributed by atoms with Crippen molar-refractivity contribution in [3.8, 4) is 5.75 Å². The molecular weight excluding hydrogens is 404 g/mol. The number of benzene rings is 3. The molecule has 138 valence electrons. The second-order valence-corrected chi connectivity index (χ2v) is 6.69. The van der Waals surface area contributed by atoms with Gasteiger partial charge in [-0.1, -0.05) is 76.6 Å². The van der Waals surface area contributed by atoms with Crippen LogP contribution in [0.25, 0.3) is 0 Å². The summed E-state index contributed by atoms with van der Waals surface area (Å²) in [6, 6.07) is 25.5. The molecule has 0 spiro atoms. The highest BCUT2D eigenvalue weighted by atomic mass is 79.9. The van der Waals surface area contributed by atoms with E-state index < -0.39 is 0 Å². The van der Waals surface area contributed by atoms with Gasteiger partial charge in [0.25, 0.3) is 0 Å². The molecule has 0 N–H and O–H groups in total. The van der Waals surface area contributed by atoms with Gasteiger partial charge in [-0.05, 0) is 29.3 Å². The van der Waals surface area contributed by atoms with Crippen LogP contribution in [0.4, 0.5) is 0 Å². The van der Waals surface area contributed by atoms with E-state index in [4.69, 9.17) is 9.47 Å². The zero-order chi connectivity index (χ0) is 18.9. The molecule has 0 bridgehead atoms. The van der Waals surface area contributed by atoms with E-state index in [-0.39, 0.29) is 5.78 Å². The predicted octanol–water partition coefficient (Wildman–Crippen LogP) is 5.56. The number of Topliss-reactive ketones (excluding diaryl/α,β-unsaturated/α-hetero) is 1. The van der Waals surface area contributed by atoms with Crippen LogP contribution in [0.1, 0.15) is 27.0 Å². The fourth-order valence-corrected chi connectivity index (χ4v) is 3.00. The lowest BCUT2D eigenvalue weighted by molar-refractivity contribution is 0.101. The van der Waals surface area contributed by atoms with Crippen LogP contribution in [0.15, 0.2) is 78.9 Å². The van der Waals surface area contributed by atoms with Gasteiger partial charge in [0, 0.05) is 11.1 Å². The van der Waals surface area contributed by atoms with Gasteiger partial charge >= 0.3 is 0 Å². The van der Waals surface area contributed by atoms with Crippen LogP contribution in [0.2, 0.25) is 0 Å². The largest absolute Gasteiger partial charge is 0.489 e.